The molecule has 0 bridgehead atoms. The maximum atomic E-state index is 10.8. The summed E-state index contributed by atoms with van der Waals surface area (Å²) >= 11 is 1.49. The number of benzene rings is 1. The van der Waals surface area contributed by atoms with Crippen molar-refractivity contribution in [3.63, 3.8) is 0 Å². The predicted octanol–water partition coefficient (Wildman–Crippen LogP) is 1.98. The van der Waals surface area contributed by atoms with Crippen molar-refractivity contribution in [3.05, 3.63) is 24.0 Å². The van der Waals surface area contributed by atoms with E-state index in [0.717, 1.165) is 15.9 Å². The number of hydrogen-bond acceptors (Lipinski definition) is 3. The maximum Gasteiger partial charge on any atom is 0.335 e. The number of fused-ring (bicyclic) bond motifs is 1. The number of aromatic amines is 1. The molecular formula is C9H8N2O2S. The van der Waals surface area contributed by atoms with Gasteiger partial charge in [0.2, 0.25) is 0 Å². The highest BCUT2D eigenvalue weighted by Crippen LogP contribution is 2.25. The molecule has 1 aromatic carbocycles. The molecule has 0 unspecified atom stereocenters. The van der Waals surface area contributed by atoms with Crippen molar-refractivity contribution in [1.82, 2.24) is 9.97 Å². The SMILES string of the molecule is CSc1cc(C(=O)O)cc2[nH]cnc12. The topological polar surface area (TPSA) is 66.0 Å². The Bertz CT molecular complexity index is 493. The normalized spacial score (nSPS) is 10.6. The van der Waals surface area contributed by atoms with E-state index in [9.17, 15) is 4.79 Å². The van der Waals surface area contributed by atoms with Crippen molar-refractivity contribution in [2.45, 2.75) is 4.90 Å². The van der Waals surface area contributed by atoms with Gasteiger partial charge < -0.3 is 10.1 Å². The largest absolute Gasteiger partial charge is 0.478 e. The smallest absolute Gasteiger partial charge is 0.335 e. The quantitative estimate of drug-likeness (QED) is 0.740. The number of carbonyl (C=O) groups is 1. The molecule has 0 radical (unpaired) electrons. The van der Waals surface area contributed by atoms with Crippen molar-refractivity contribution in [3.8, 4) is 0 Å². The number of thioether (sulfide) groups is 1. The van der Waals surface area contributed by atoms with E-state index in [0.29, 0.717) is 0 Å². The molecule has 2 aromatic rings. The van der Waals surface area contributed by atoms with E-state index >= 15 is 0 Å². The number of aromatic carboxylic acids is 1. The van der Waals surface area contributed by atoms with Gasteiger partial charge in [-0.25, -0.2) is 9.78 Å². The molecule has 14 heavy (non-hydrogen) atoms. The Hall–Kier alpha value is -1.49. The number of carboxylic acids is 1. The Labute approximate surface area is 84.4 Å². The third-order valence-electron chi connectivity index (χ3n) is 1.96. The van der Waals surface area contributed by atoms with Gasteiger partial charge in [-0.3, -0.25) is 0 Å². The number of rotatable bonds is 2. The van der Waals surface area contributed by atoms with Gasteiger partial charge in [-0.15, -0.1) is 11.8 Å². The van der Waals surface area contributed by atoms with Crippen LogP contribution in [0.1, 0.15) is 10.4 Å². The first-order valence-electron chi connectivity index (χ1n) is 3.97. The highest BCUT2D eigenvalue weighted by Gasteiger charge is 2.09. The Balaban J connectivity index is 2.73. The Morgan fingerprint density at radius 2 is 2.36 bits per heavy atom. The molecule has 1 heterocycles. The number of hydrogen-bond donors (Lipinski definition) is 2. The van der Waals surface area contributed by atoms with Gasteiger partial charge >= 0.3 is 5.97 Å². The third kappa shape index (κ3) is 1.35. The summed E-state index contributed by atoms with van der Waals surface area (Å²) in [7, 11) is 0. The zero-order valence-electron chi connectivity index (χ0n) is 7.44. The minimum atomic E-state index is -0.920. The first-order valence-corrected chi connectivity index (χ1v) is 5.19. The lowest BCUT2D eigenvalue weighted by molar-refractivity contribution is 0.0697. The van der Waals surface area contributed by atoms with Gasteiger partial charge in [-0.05, 0) is 18.4 Å². The van der Waals surface area contributed by atoms with Crippen LogP contribution in [-0.4, -0.2) is 27.3 Å². The van der Waals surface area contributed by atoms with Crippen molar-refractivity contribution in [2.24, 2.45) is 0 Å². The van der Waals surface area contributed by atoms with Crippen LogP contribution in [0.3, 0.4) is 0 Å². The molecule has 0 atom stereocenters. The summed E-state index contributed by atoms with van der Waals surface area (Å²) < 4.78 is 0. The van der Waals surface area contributed by atoms with Gasteiger partial charge in [0.1, 0.15) is 5.52 Å². The van der Waals surface area contributed by atoms with Crippen molar-refractivity contribution in [2.75, 3.05) is 6.26 Å². The van der Waals surface area contributed by atoms with Crippen LogP contribution < -0.4 is 0 Å². The van der Waals surface area contributed by atoms with Gasteiger partial charge in [0.15, 0.2) is 0 Å². The molecule has 0 spiro atoms. The molecule has 0 aliphatic heterocycles. The number of aromatic nitrogens is 2. The summed E-state index contributed by atoms with van der Waals surface area (Å²) in [6, 6.07) is 3.22. The summed E-state index contributed by atoms with van der Waals surface area (Å²) in [5.41, 5.74) is 1.86. The molecule has 0 aliphatic carbocycles. The molecule has 1 aromatic heterocycles. The molecule has 0 saturated heterocycles. The van der Waals surface area contributed by atoms with Crippen LogP contribution in [0.15, 0.2) is 23.4 Å². The Morgan fingerprint density at radius 3 is 3.00 bits per heavy atom. The van der Waals surface area contributed by atoms with E-state index in [1.54, 1.807) is 18.5 Å². The summed E-state index contributed by atoms with van der Waals surface area (Å²) in [5, 5.41) is 8.86. The van der Waals surface area contributed by atoms with Crippen LogP contribution in [0.25, 0.3) is 11.0 Å². The molecule has 5 heteroatoms. The number of imidazole rings is 1. The fourth-order valence-electron chi connectivity index (χ4n) is 1.30. The van der Waals surface area contributed by atoms with Gasteiger partial charge in [-0.2, -0.15) is 0 Å². The van der Waals surface area contributed by atoms with Gasteiger partial charge in [-0.1, -0.05) is 0 Å². The first-order chi connectivity index (χ1) is 6.72. The van der Waals surface area contributed by atoms with E-state index in [4.69, 9.17) is 5.11 Å². The van der Waals surface area contributed by atoms with Crippen LogP contribution >= 0.6 is 11.8 Å². The fourth-order valence-corrected chi connectivity index (χ4v) is 1.90. The molecule has 0 aliphatic rings. The molecule has 0 amide bonds. The minimum absolute atomic E-state index is 0.283. The molecule has 0 saturated carbocycles. The summed E-state index contributed by atoms with van der Waals surface area (Å²) in [6.45, 7) is 0. The monoisotopic (exact) mass is 208 g/mol. The average Bonchev–Trinajstić information content (AvgIpc) is 2.63. The molecular weight excluding hydrogens is 200 g/mol. The molecule has 72 valence electrons. The van der Waals surface area contributed by atoms with Gasteiger partial charge in [0.25, 0.3) is 0 Å². The molecule has 4 nitrogen and oxygen atoms in total. The zero-order chi connectivity index (χ0) is 10.1. The number of H-pyrrole nitrogens is 1. The second-order valence-electron chi connectivity index (χ2n) is 2.78. The number of carboxylic acid groups (broad SMARTS) is 1. The highest BCUT2D eigenvalue weighted by atomic mass is 32.2. The van der Waals surface area contributed by atoms with Gasteiger partial charge in [0, 0.05) is 4.90 Å². The Kier molecular flexibility index (Phi) is 2.17. The second-order valence-corrected chi connectivity index (χ2v) is 3.63. The lowest BCUT2D eigenvalue weighted by Crippen LogP contribution is -1.96. The first kappa shape index (κ1) is 9.08. The molecule has 2 N–H and O–H groups in total. The predicted molar refractivity (Wildman–Crippen MR) is 54.8 cm³/mol. The van der Waals surface area contributed by atoms with Crippen LogP contribution in [0.4, 0.5) is 0 Å². The minimum Gasteiger partial charge on any atom is -0.478 e. The third-order valence-corrected chi connectivity index (χ3v) is 2.71. The van der Waals surface area contributed by atoms with E-state index in [1.807, 2.05) is 6.26 Å². The van der Waals surface area contributed by atoms with Crippen molar-refractivity contribution >= 4 is 28.8 Å². The Morgan fingerprint density at radius 1 is 1.57 bits per heavy atom. The van der Waals surface area contributed by atoms with Crippen LogP contribution in [0, 0.1) is 0 Å². The summed E-state index contributed by atoms with van der Waals surface area (Å²) in [4.78, 5) is 18.7. The van der Waals surface area contributed by atoms with Crippen molar-refractivity contribution in [1.29, 1.82) is 0 Å². The standard InChI is InChI=1S/C9H8N2O2S/c1-14-7-3-5(9(12)13)2-6-8(7)11-4-10-6/h2-4H,1H3,(H,10,11)(H,12,13). The van der Waals surface area contributed by atoms with E-state index in [1.165, 1.54) is 11.8 Å². The van der Waals surface area contributed by atoms with Crippen LogP contribution in [-0.2, 0) is 0 Å². The maximum absolute atomic E-state index is 10.8. The van der Waals surface area contributed by atoms with Crippen molar-refractivity contribution < 1.29 is 9.90 Å². The van der Waals surface area contributed by atoms with Gasteiger partial charge in [0.05, 0.1) is 17.4 Å². The summed E-state index contributed by atoms with van der Waals surface area (Å²) in [6.07, 6.45) is 3.46. The molecule has 2 rings (SSSR count). The van der Waals surface area contributed by atoms with Crippen LogP contribution in [0.2, 0.25) is 0 Å². The number of nitrogens with zero attached hydrogens (tertiary/aromatic N) is 1. The average molecular weight is 208 g/mol. The zero-order valence-corrected chi connectivity index (χ0v) is 8.26. The van der Waals surface area contributed by atoms with E-state index in [-0.39, 0.29) is 5.56 Å². The lowest BCUT2D eigenvalue weighted by Gasteiger charge is -2.00. The highest BCUT2D eigenvalue weighted by molar-refractivity contribution is 7.98. The number of nitrogens with one attached hydrogen (secondary N) is 1. The van der Waals surface area contributed by atoms with E-state index in [2.05, 4.69) is 9.97 Å². The molecule has 0 fully saturated rings. The lowest BCUT2D eigenvalue weighted by atomic mass is 10.2. The fraction of sp³-hybridized carbons (Fsp3) is 0.111. The van der Waals surface area contributed by atoms with Crippen LogP contribution in [0.5, 0.6) is 0 Å². The second kappa shape index (κ2) is 3.34. The summed E-state index contributed by atoms with van der Waals surface area (Å²) in [5.74, 6) is -0.920. The van der Waals surface area contributed by atoms with E-state index < -0.39 is 5.97 Å².